The lowest BCUT2D eigenvalue weighted by Gasteiger charge is -2.12. The van der Waals surface area contributed by atoms with Gasteiger partial charge in [-0.1, -0.05) is 36.4 Å². The van der Waals surface area contributed by atoms with Gasteiger partial charge in [-0.05, 0) is 45.8 Å². The molecule has 7 heteroatoms. The molecule has 0 atom stereocenters. The maximum absolute atomic E-state index is 11.3. The molecular weight excluding hydrogens is 386 g/mol. The van der Waals surface area contributed by atoms with E-state index in [-0.39, 0.29) is 5.69 Å². The van der Waals surface area contributed by atoms with E-state index >= 15 is 0 Å². The molecule has 6 nitrogen and oxygen atoms in total. The van der Waals surface area contributed by atoms with Crippen LogP contribution in [0.15, 0.2) is 71.3 Å². The SMILES string of the molecule is O=[N+]([O-])c1c(Br)cccc1Nc1cccnc1OCc1ccccc1. The standard InChI is InChI=1S/C18H14BrN3O3/c19-14-8-4-9-15(17(14)22(23)24)21-16-10-5-11-20-18(16)25-12-13-6-2-1-3-7-13/h1-11,21H,12H2. The van der Waals surface area contributed by atoms with E-state index in [4.69, 9.17) is 4.74 Å². The summed E-state index contributed by atoms with van der Waals surface area (Å²) in [6.07, 6.45) is 1.61. The van der Waals surface area contributed by atoms with Gasteiger partial charge in [-0.25, -0.2) is 4.98 Å². The Bertz CT molecular complexity index is 888. The van der Waals surface area contributed by atoms with Gasteiger partial charge in [0.25, 0.3) is 0 Å². The normalized spacial score (nSPS) is 10.3. The van der Waals surface area contributed by atoms with Gasteiger partial charge >= 0.3 is 5.69 Å². The molecular formula is C18H14BrN3O3. The Morgan fingerprint density at radius 3 is 2.56 bits per heavy atom. The first-order valence-electron chi connectivity index (χ1n) is 7.47. The zero-order valence-electron chi connectivity index (χ0n) is 13.1. The van der Waals surface area contributed by atoms with Crippen molar-refractivity contribution < 1.29 is 9.66 Å². The van der Waals surface area contributed by atoms with Crippen LogP contribution in [0.25, 0.3) is 0 Å². The molecule has 3 rings (SSSR count). The van der Waals surface area contributed by atoms with Crippen LogP contribution in [0.1, 0.15) is 5.56 Å². The van der Waals surface area contributed by atoms with Crippen molar-refractivity contribution in [2.24, 2.45) is 0 Å². The summed E-state index contributed by atoms with van der Waals surface area (Å²) in [5.74, 6) is 0.376. The Hall–Kier alpha value is -2.93. The lowest BCUT2D eigenvalue weighted by atomic mass is 10.2. The molecule has 0 radical (unpaired) electrons. The van der Waals surface area contributed by atoms with Gasteiger partial charge in [0.2, 0.25) is 5.88 Å². The van der Waals surface area contributed by atoms with Crippen molar-refractivity contribution in [3.63, 3.8) is 0 Å². The molecule has 0 bridgehead atoms. The van der Waals surface area contributed by atoms with Gasteiger partial charge in [0.15, 0.2) is 0 Å². The Morgan fingerprint density at radius 2 is 1.80 bits per heavy atom. The summed E-state index contributed by atoms with van der Waals surface area (Å²) >= 11 is 3.21. The fourth-order valence-corrected chi connectivity index (χ4v) is 2.78. The van der Waals surface area contributed by atoms with Crippen molar-refractivity contribution in [3.8, 4) is 5.88 Å². The van der Waals surface area contributed by atoms with Gasteiger partial charge in [-0.15, -0.1) is 0 Å². The monoisotopic (exact) mass is 399 g/mol. The Kier molecular flexibility index (Phi) is 5.25. The van der Waals surface area contributed by atoms with Gasteiger partial charge < -0.3 is 10.1 Å². The van der Waals surface area contributed by atoms with Crippen molar-refractivity contribution >= 4 is 33.0 Å². The van der Waals surface area contributed by atoms with E-state index in [1.165, 1.54) is 0 Å². The first kappa shape index (κ1) is 16.9. The Balaban J connectivity index is 1.85. The largest absolute Gasteiger partial charge is 0.471 e. The molecule has 0 amide bonds. The molecule has 3 aromatic rings. The molecule has 0 aliphatic heterocycles. The van der Waals surface area contributed by atoms with Crippen molar-refractivity contribution in [2.45, 2.75) is 6.61 Å². The van der Waals surface area contributed by atoms with Gasteiger partial charge in [0, 0.05) is 6.20 Å². The number of hydrogen-bond acceptors (Lipinski definition) is 5. The minimum absolute atomic E-state index is 0.0413. The molecule has 0 saturated heterocycles. The topological polar surface area (TPSA) is 77.3 Å². The van der Waals surface area contributed by atoms with E-state index < -0.39 is 4.92 Å². The van der Waals surface area contributed by atoms with Crippen LogP contribution in [-0.2, 0) is 6.61 Å². The molecule has 0 unspecified atom stereocenters. The quantitative estimate of drug-likeness (QED) is 0.462. The molecule has 1 heterocycles. The predicted octanol–water partition coefficient (Wildman–Crippen LogP) is 5.07. The van der Waals surface area contributed by atoms with Crippen LogP contribution in [0.2, 0.25) is 0 Å². The molecule has 0 aliphatic rings. The summed E-state index contributed by atoms with van der Waals surface area (Å²) in [5, 5.41) is 14.4. The van der Waals surface area contributed by atoms with Crippen LogP contribution in [0.4, 0.5) is 17.1 Å². The summed E-state index contributed by atoms with van der Waals surface area (Å²) in [6, 6.07) is 18.2. The van der Waals surface area contributed by atoms with Crippen LogP contribution >= 0.6 is 15.9 Å². The summed E-state index contributed by atoms with van der Waals surface area (Å²) in [6.45, 7) is 0.354. The van der Waals surface area contributed by atoms with E-state index in [1.807, 2.05) is 30.3 Å². The third kappa shape index (κ3) is 4.13. The van der Waals surface area contributed by atoms with Gasteiger partial charge in [0.05, 0.1) is 9.40 Å². The number of ether oxygens (including phenoxy) is 1. The first-order chi connectivity index (χ1) is 12.1. The smallest absolute Gasteiger partial charge is 0.306 e. The zero-order valence-corrected chi connectivity index (χ0v) is 14.6. The number of nitrogens with zero attached hydrogens (tertiary/aromatic N) is 2. The number of hydrogen-bond donors (Lipinski definition) is 1. The van der Waals surface area contributed by atoms with E-state index in [1.54, 1.807) is 36.5 Å². The average Bonchev–Trinajstić information content (AvgIpc) is 2.61. The molecule has 0 fully saturated rings. The number of nitrogens with one attached hydrogen (secondary N) is 1. The second kappa shape index (κ2) is 7.76. The molecule has 126 valence electrons. The number of nitro groups is 1. The van der Waals surface area contributed by atoms with Gasteiger partial charge in [0.1, 0.15) is 18.0 Å². The Morgan fingerprint density at radius 1 is 1.04 bits per heavy atom. The van der Waals surface area contributed by atoms with Crippen LogP contribution < -0.4 is 10.1 Å². The lowest BCUT2D eigenvalue weighted by Crippen LogP contribution is -2.02. The number of pyridine rings is 1. The first-order valence-corrected chi connectivity index (χ1v) is 8.26. The molecule has 1 N–H and O–H groups in total. The third-order valence-corrected chi connectivity index (χ3v) is 4.07. The molecule has 1 aromatic heterocycles. The molecule has 25 heavy (non-hydrogen) atoms. The molecule has 0 spiro atoms. The second-order valence-corrected chi connectivity index (χ2v) is 6.00. The number of nitro benzene ring substituents is 1. The highest BCUT2D eigenvalue weighted by Gasteiger charge is 2.19. The average molecular weight is 400 g/mol. The second-order valence-electron chi connectivity index (χ2n) is 5.15. The summed E-state index contributed by atoms with van der Waals surface area (Å²) in [7, 11) is 0. The van der Waals surface area contributed by atoms with Gasteiger partial charge in [-0.2, -0.15) is 0 Å². The van der Waals surface area contributed by atoms with Crippen molar-refractivity contribution in [3.05, 3.63) is 87.0 Å². The predicted molar refractivity (Wildman–Crippen MR) is 99.1 cm³/mol. The highest BCUT2D eigenvalue weighted by atomic mass is 79.9. The Labute approximate surface area is 152 Å². The highest BCUT2D eigenvalue weighted by Crippen LogP contribution is 2.36. The van der Waals surface area contributed by atoms with Crippen LogP contribution in [0.5, 0.6) is 5.88 Å². The van der Waals surface area contributed by atoms with Crippen molar-refractivity contribution in [1.82, 2.24) is 4.98 Å². The minimum atomic E-state index is -0.437. The zero-order chi connectivity index (χ0) is 17.6. The minimum Gasteiger partial charge on any atom is -0.471 e. The summed E-state index contributed by atoms with van der Waals surface area (Å²) in [5.41, 5.74) is 1.88. The lowest BCUT2D eigenvalue weighted by molar-refractivity contribution is -0.384. The van der Waals surface area contributed by atoms with Crippen LogP contribution in [0, 0.1) is 10.1 Å². The van der Waals surface area contributed by atoms with Crippen molar-refractivity contribution in [1.29, 1.82) is 0 Å². The van der Waals surface area contributed by atoms with E-state index in [2.05, 4.69) is 26.2 Å². The number of halogens is 1. The van der Waals surface area contributed by atoms with Crippen molar-refractivity contribution in [2.75, 3.05) is 5.32 Å². The summed E-state index contributed by atoms with van der Waals surface area (Å²) in [4.78, 5) is 15.1. The fraction of sp³-hybridized carbons (Fsp3) is 0.0556. The fourth-order valence-electron chi connectivity index (χ4n) is 2.27. The number of aromatic nitrogens is 1. The maximum atomic E-state index is 11.3. The van der Waals surface area contributed by atoms with Gasteiger partial charge in [-0.3, -0.25) is 10.1 Å². The number of rotatable bonds is 6. The number of benzene rings is 2. The number of para-hydroxylation sites is 1. The van der Waals surface area contributed by atoms with E-state index in [0.29, 0.717) is 28.3 Å². The molecule has 0 aliphatic carbocycles. The summed E-state index contributed by atoms with van der Waals surface area (Å²) < 4.78 is 6.17. The number of anilines is 2. The molecule has 2 aromatic carbocycles. The maximum Gasteiger partial charge on any atom is 0.306 e. The van der Waals surface area contributed by atoms with E-state index in [9.17, 15) is 10.1 Å². The van der Waals surface area contributed by atoms with Crippen LogP contribution in [-0.4, -0.2) is 9.91 Å². The third-order valence-electron chi connectivity index (χ3n) is 3.43. The molecule has 0 saturated carbocycles. The van der Waals surface area contributed by atoms with Crippen LogP contribution in [0.3, 0.4) is 0 Å². The highest BCUT2D eigenvalue weighted by molar-refractivity contribution is 9.10. The van der Waals surface area contributed by atoms with E-state index in [0.717, 1.165) is 5.56 Å².